The van der Waals surface area contributed by atoms with Gasteiger partial charge in [0.1, 0.15) is 0 Å². The van der Waals surface area contributed by atoms with E-state index in [2.05, 4.69) is 6.92 Å². The summed E-state index contributed by atoms with van der Waals surface area (Å²) >= 11 is 0. The molecule has 0 spiro atoms. The Bertz CT molecular complexity index is 533. The molecule has 20 heavy (non-hydrogen) atoms. The number of hydrogen-bond acceptors (Lipinski definition) is 3. The van der Waals surface area contributed by atoms with Crippen LogP contribution in [-0.2, 0) is 14.9 Å². The monoisotopic (exact) mass is 300 g/mol. The third kappa shape index (κ3) is 5.30. The van der Waals surface area contributed by atoms with Crippen molar-refractivity contribution in [1.82, 2.24) is 0 Å². The van der Waals surface area contributed by atoms with Gasteiger partial charge in [0.15, 0.2) is 0 Å². The maximum Gasteiger partial charge on any atom is 0.303 e. The highest BCUT2D eigenvalue weighted by molar-refractivity contribution is 7.85. The first-order valence-corrected chi connectivity index (χ1v) is 8.08. The van der Waals surface area contributed by atoms with Gasteiger partial charge >= 0.3 is 5.97 Å². The lowest BCUT2D eigenvalue weighted by Gasteiger charge is -2.16. The fourth-order valence-electron chi connectivity index (χ4n) is 2.24. The standard InChI is InChI=1S/C14H20O5S/c1-2-4-11(5-3-6-14(15)16)12-7-9-13(10-8-12)20(17,18)19/h7-11H,2-6H2,1H3,(H,15,16)(H,17,18,19). The second-order valence-electron chi connectivity index (χ2n) is 4.82. The molecule has 0 bridgehead atoms. The first-order chi connectivity index (χ1) is 9.34. The van der Waals surface area contributed by atoms with Crippen molar-refractivity contribution in [3.05, 3.63) is 29.8 Å². The number of carboxylic acids is 1. The summed E-state index contributed by atoms with van der Waals surface area (Å²) in [7, 11) is -4.16. The molecular formula is C14H20O5S. The minimum atomic E-state index is -4.16. The Balaban J connectivity index is 2.78. The molecule has 0 radical (unpaired) electrons. The van der Waals surface area contributed by atoms with Crippen molar-refractivity contribution < 1.29 is 22.9 Å². The smallest absolute Gasteiger partial charge is 0.303 e. The molecule has 5 nitrogen and oxygen atoms in total. The van der Waals surface area contributed by atoms with Crippen molar-refractivity contribution in [3.8, 4) is 0 Å². The molecule has 0 saturated heterocycles. The highest BCUT2D eigenvalue weighted by atomic mass is 32.2. The molecule has 1 rings (SSSR count). The van der Waals surface area contributed by atoms with Crippen LogP contribution in [0.4, 0.5) is 0 Å². The van der Waals surface area contributed by atoms with Crippen molar-refractivity contribution in [2.24, 2.45) is 0 Å². The number of aliphatic carboxylic acids is 1. The Morgan fingerprint density at radius 3 is 2.25 bits per heavy atom. The zero-order chi connectivity index (χ0) is 15.2. The maximum atomic E-state index is 11.0. The predicted octanol–water partition coefficient (Wildman–Crippen LogP) is 3.07. The Hall–Kier alpha value is -1.40. The van der Waals surface area contributed by atoms with Gasteiger partial charge in [-0.1, -0.05) is 25.5 Å². The fraction of sp³-hybridized carbons (Fsp3) is 0.500. The minimum absolute atomic E-state index is 0.123. The maximum absolute atomic E-state index is 11.0. The average Bonchev–Trinajstić information content (AvgIpc) is 2.36. The van der Waals surface area contributed by atoms with E-state index in [1.54, 1.807) is 12.1 Å². The van der Waals surface area contributed by atoms with E-state index in [0.29, 0.717) is 6.42 Å². The van der Waals surface area contributed by atoms with Crippen LogP contribution in [0.3, 0.4) is 0 Å². The average molecular weight is 300 g/mol. The Morgan fingerprint density at radius 1 is 1.20 bits per heavy atom. The number of carboxylic acid groups (broad SMARTS) is 1. The predicted molar refractivity (Wildman–Crippen MR) is 75.4 cm³/mol. The minimum Gasteiger partial charge on any atom is -0.481 e. The summed E-state index contributed by atoms with van der Waals surface area (Å²) in [5.41, 5.74) is 0.977. The van der Waals surface area contributed by atoms with Gasteiger partial charge in [0, 0.05) is 6.42 Å². The van der Waals surface area contributed by atoms with E-state index >= 15 is 0 Å². The van der Waals surface area contributed by atoms with E-state index in [9.17, 15) is 13.2 Å². The van der Waals surface area contributed by atoms with E-state index in [1.165, 1.54) is 12.1 Å². The molecule has 1 unspecified atom stereocenters. The number of hydrogen-bond donors (Lipinski definition) is 2. The molecule has 0 amide bonds. The van der Waals surface area contributed by atoms with E-state index in [1.807, 2.05) is 0 Å². The highest BCUT2D eigenvalue weighted by Gasteiger charge is 2.14. The van der Waals surface area contributed by atoms with Crippen LogP contribution < -0.4 is 0 Å². The van der Waals surface area contributed by atoms with Crippen molar-refractivity contribution >= 4 is 16.1 Å². The highest BCUT2D eigenvalue weighted by Crippen LogP contribution is 2.27. The van der Waals surface area contributed by atoms with Gasteiger partial charge in [0.2, 0.25) is 0 Å². The molecule has 0 aliphatic heterocycles. The van der Waals surface area contributed by atoms with E-state index in [-0.39, 0.29) is 17.2 Å². The van der Waals surface area contributed by atoms with Gasteiger partial charge in [-0.25, -0.2) is 0 Å². The van der Waals surface area contributed by atoms with Gasteiger partial charge in [-0.2, -0.15) is 8.42 Å². The van der Waals surface area contributed by atoms with Crippen LogP contribution in [0.25, 0.3) is 0 Å². The first-order valence-electron chi connectivity index (χ1n) is 6.63. The summed E-state index contributed by atoms with van der Waals surface area (Å²) < 4.78 is 30.9. The summed E-state index contributed by atoms with van der Waals surface area (Å²) in [6.07, 6.45) is 3.39. The number of carbonyl (C=O) groups is 1. The lowest BCUT2D eigenvalue weighted by atomic mass is 9.90. The SMILES string of the molecule is CCCC(CCCC(=O)O)c1ccc(S(=O)(=O)O)cc1. The Labute approximate surface area is 119 Å². The second-order valence-corrected chi connectivity index (χ2v) is 6.24. The summed E-state index contributed by atoms with van der Waals surface area (Å²) in [6.45, 7) is 2.05. The van der Waals surface area contributed by atoms with Gasteiger partial charge in [-0.3, -0.25) is 9.35 Å². The first kappa shape index (κ1) is 16.7. The molecule has 0 aromatic heterocycles. The summed E-state index contributed by atoms with van der Waals surface area (Å²) in [5.74, 6) is -0.586. The van der Waals surface area contributed by atoms with Crippen molar-refractivity contribution in [2.75, 3.05) is 0 Å². The molecule has 0 saturated carbocycles. The summed E-state index contributed by atoms with van der Waals surface area (Å²) in [4.78, 5) is 10.4. The quantitative estimate of drug-likeness (QED) is 0.720. The largest absolute Gasteiger partial charge is 0.481 e. The third-order valence-electron chi connectivity index (χ3n) is 3.23. The molecule has 2 N–H and O–H groups in total. The van der Waals surface area contributed by atoms with Gasteiger partial charge in [-0.15, -0.1) is 0 Å². The number of rotatable bonds is 8. The lowest BCUT2D eigenvalue weighted by Crippen LogP contribution is -2.03. The lowest BCUT2D eigenvalue weighted by molar-refractivity contribution is -0.137. The molecule has 0 heterocycles. The van der Waals surface area contributed by atoms with Crippen molar-refractivity contribution in [1.29, 1.82) is 0 Å². The molecule has 0 aliphatic rings. The summed E-state index contributed by atoms with van der Waals surface area (Å²) in [6, 6.07) is 6.13. The summed E-state index contributed by atoms with van der Waals surface area (Å²) in [5, 5.41) is 8.66. The fourth-order valence-corrected chi connectivity index (χ4v) is 2.72. The zero-order valence-corrected chi connectivity index (χ0v) is 12.3. The number of benzene rings is 1. The van der Waals surface area contributed by atoms with Crippen LogP contribution in [-0.4, -0.2) is 24.0 Å². The van der Waals surface area contributed by atoms with E-state index in [4.69, 9.17) is 9.66 Å². The van der Waals surface area contributed by atoms with Crippen LogP contribution in [0.15, 0.2) is 29.2 Å². The van der Waals surface area contributed by atoms with Gasteiger partial charge in [0.25, 0.3) is 10.1 Å². The van der Waals surface area contributed by atoms with Crippen LogP contribution >= 0.6 is 0 Å². The van der Waals surface area contributed by atoms with E-state index in [0.717, 1.165) is 24.8 Å². The molecule has 0 aliphatic carbocycles. The van der Waals surface area contributed by atoms with Crippen LogP contribution in [0, 0.1) is 0 Å². The van der Waals surface area contributed by atoms with E-state index < -0.39 is 16.1 Å². The third-order valence-corrected chi connectivity index (χ3v) is 4.10. The molecular weight excluding hydrogens is 280 g/mol. The normalized spacial score (nSPS) is 13.1. The molecule has 0 fully saturated rings. The molecule has 6 heteroatoms. The van der Waals surface area contributed by atoms with Crippen molar-refractivity contribution in [3.63, 3.8) is 0 Å². The molecule has 1 aromatic carbocycles. The molecule has 112 valence electrons. The van der Waals surface area contributed by atoms with Crippen LogP contribution in [0.2, 0.25) is 0 Å². The van der Waals surface area contributed by atoms with Crippen molar-refractivity contribution in [2.45, 2.75) is 49.8 Å². The van der Waals surface area contributed by atoms with Gasteiger partial charge in [0.05, 0.1) is 4.90 Å². The molecule has 1 aromatic rings. The van der Waals surface area contributed by atoms with Gasteiger partial charge < -0.3 is 5.11 Å². The topological polar surface area (TPSA) is 91.7 Å². The molecule has 1 atom stereocenters. The van der Waals surface area contributed by atoms with Gasteiger partial charge in [-0.05, 0) is 42.9 Å². The van der Waals surface area contributed by atoms with Crippen LogP contribution in [0.5, 0.6) is 0 Å². The Morgan fingerprint density at radius 2 is 1.80 bits per heavy atom. The Kier molecular flexibility index (Phi) is 6.16. The van der Waals surface area contributed by atoms with Crippen LogP contribution in [0.1, 0.15) is 50.5 Å². The zero-order valence-electron chi connectivity index (χ0n) is 11.4. The second kappa shape index (κ2) is 7.40.